The summed E-state index contributed by atoms with van der Waals surface area (Å²) < 4.78 is 0. The number of carbonyl (C=O) groups excluding carboxylic acids is 3. The van der Waals surface area contributed by atoms with Crippen LogP contribution in [0.15, 0.2) is 108 Å². The molecule has 4 aromatic rings. The molecule has 0 bridgehead atoms. The van der Waals surface area contributed by atoms with Crippen molar-refractivity contribution in [2.75, 3.05) is 16.4 Å². The van der Waals surface area contributed by atoms with Crippen molar-refractivity contribution >= 4 is 76.1 Å². The third kappa shape index (κ3) is 8.71. The Morgan fingerprint density at radius 3 is 2.14 bits per heavy atom. The van der Waals surface area contributed by atoms with Crippen LogP contribution in [0.4, 0.5) is 11.4 Å². The molecule has 4 aromatic carbocycles. The third-order valence-electron chi connectivity index (χ3n) is 5.68. The number of carbonyl (C=O) groups is 4. The average molecular weight is 621 g/mol. The minimum Gasteiger partial charge on any atom is -0.478 e. The maximum absolute atomic E-state index is 13.2. The topological polar surface area (TPSA) is 125 Å². The van der Waals surface area contributed by atoms with E-state index < -0.39 is 17.8 Å². The van der Waals surface area contributed by atoms with E-state index in [4.69, 9.17) is 28.3 Å². The summed E-state index contributed by atoms with van der Waals surface area (Å²) in [5.41, 5.74) is 1.79. The van der Waals surface area contributed by atoms with Crippen molar-refractivity contribution in [3.05, 3.63) is 129 Å². The first-order chi connectivity index (χ1) is 20.2. The zero-order valence-corrected chi connectivity index (χ0v) is 24.1. The molecule has 4 rings (SSSR count). The largest absolute Gasteiger partial charge is 0.478 e. The minimum atomic E-state index is -1.13. The Hall–Kier alpha value is -4.57. The molecule has 0 spiro atoms. The molecule has 8 nitrogen and oxygen atoms in total. The van der Waals surface area contributed by atoms with Crippen molar-refractivity contribution in [2.24, 2.45) is 0 Å². The van der Waals surface area contributed by atoms with Crippen LogP contribution in [0.25, 0.3) is 6.08 Å². The molecule has 4 N–H and O–H groups in total. The number of carboxylic acid groups (broad SMARTS) is 1. The van der Waals surface area contributed by atoms with Gasteiger partial charge in [0, 0.05) is 21.2 Å². The molecule has 0 aliphatic carbocycles. The van der Waals surface area contributed by atoms with E-state index in [1.807, 2.05) is 0 Å². The number of carboxylic acids is 1. The van der Waals surface area contributed by atoms with Gasteiger partial charge in [0.05, 0.1) is 22.0 Å². The minimum absolute atomic E-state index is 0.00536. The molecule has 0 fully saturated rings. The van der Waals surface area contributed by atoms with E-state index in [0.29, 0.717) is 21.8 Å². The van der Waals surface area contributed by atoms with Crippen molar-refractivity contribution in [2.45, 2.75) is 4.90 Å². The number of rotatable bonds is 10. The Morgan fingerprint density at radius 1 is 0.786 bits per heavy atom. The molecular weight excluding hydrogens is 597 g/mol. The highest BCUT2D eigenvalue weighted by Crippen LogP contribution is 2.25. The van der Waals surface area contributed by atoms with Gasteiger partial charge in [0.25, 0.3) is 11.8 Å². The maximum Gasteiger partial charge on any atom is 0.335 e. The van der Waals surface area contributed by atoms with E-state index in [0.717, 1.165) is 4.90 Å². The molecule has 0 heterocycles. The van der Waals surface area contributed by atoms with Crippen molar-refractivity contribution in [3.63, 3.8) is 0 Å². The van der Waals surface area contributed by atoms with Crippen LogP contribution in [-0.2, 0) is 9.59 Å². The summed E-state index contributed by atoms with van der Waals surface area (Å²) in [6.07, 6.45) is 1.55. The lowest BCUT2D eigenvalue weighted by Crippen LogP contribution is -2.30. The summed E-state index contributed by atoms with van der Waals surface area (Å²) in [4.78, 5) is 50.3. The third-order valence-corrected chi connectivity index (χ3v) is 7.27. The van der Waals surface area contributed by atoms with E-state index in [1.54, 1.807) is 84.9 Å². The number of amides is 3. The summed E-state index contributed by atoms with van der Waals surface area (Å²) in [6.45, 7) is 0. The van der Waals surface area contributed by atoms with Crippen molar-refractivity contribution in [1.29, 1.82) is 0 Å². The van der Waals surface area contributed by atoms with E-state index in [2.05, 4.69) is 16.0 Å². The number of benzene rings is 4. The Kier molecular flexibility index (Phi) is 10.4. The number of anilines is 2. The van der Waals surface area contributed by atoms with Crippen LogP contribution in [0.5, 0.6) is 0 Å². The number of hydrogen-bond donors (Lipinski definition) is 4. The zero-order chi connectivity index (χ0) is 30.1. The van der Waals surface area contributed by atoms with E-state index in [9.17, 15) is 19.2 Å². The summed E-state index contributed by atoms with van der Waals surface area (Å²) >= 11 is 13.3. The summed E-state index contributed by atoms with van der Waals surface area (Å²) in [5, 5.41) is 18.0. The Balaban J connectivity index is 1.39. The van der Waals surface area contributed by atoms with Crippen LogP contribution in [0.2, 0.25) is 10.0 Å². The number of halogens is 2. The Bertz CT molecular complexity index is 1640. The van der Waals surface area contributed by atoms with Crippen LogP contribution >= 0.6 is 35.0 Å². The first kappa shape index (κ1) is 30.4. The molecule has 0 aromatic heterocycles. The quantitative estimate of drug-likeness (QED) is 0.114. The molecule has 3 amide bonds. The van der Waals surface area contributed by atoms with Gasteiger partial charge in [-0.2, -0.15) is 0 Å². The molecule has 0 aliphatic heterocycles. The zero-order valence-electron chi connectivity index (χ0n) is 21.8. The van der Waals surface area contributed by atoms with E-state index >= 15 is 0 Å². The van der Waals surface area contributed by atoms with E-state index in [1.165, 1.54) is 30.0 Å². The standard InChI is InChI=1S/C31H23Cl2N3O5S/c32-22-9-6-19(7-10-22)16-27(36-29(38)20-4-2-1-3-5-20)30(39)34-23-11-13-24(14-12-23)42-18-28(37)35-26-17-21(31(40)41)8-15-25(26)33/h1-17H,18H2,(H,34,39)(H,35,37)(H,36,38)(H,40,41)/b27-16-. The molecule has 0 aliphatic rings. The van der Waals surface area contributed by atoms with Crippen molar-refractivity contribution < 1.29 is 24.3 Å². The summed E-state index contributed by atoms with van der Waals surface area (Å²) in [5.74, 6) is -2.43. The van der Waals surface area contributed by atoms with Gasteiger partial charge in [-0.15, -0.1) is 11.8 Å². The number of aromatic carboxylic acids is 1. The van der Waals surface area contributed by atoms with Gasteiger partial charge in [-0.05, 0) is 78.4 Å². The Labute approximate surface area is 255 Å². The average Bonchev–Trinajstić information content (AvgIpc) is 2.99. The van der Waals surface area contributed by atoms with Crippen molar-refractivity contribution in [3.8, 4) is 0 Å². The predicted octanol–water partition coefficient (Wildman–Crippen LogP) is 6.83. The maximum atomic E-state index is 13.2. The van der Waals surface area contributed by atoms with E-state index in [-0.39, 0.29) is 33.6 Å². The highest BCUT2D eigenvalue weighted by Gasteiger charge is 2.16. The van der Waals surface area contributed by atoms with Gasteiger partial charge >= 0.3 is 5.97 Å². The summed E-state index contributed by atoms with van der Waals surface area (Å²) in [6, 6.07) is 26.2. The molecule has 11 heteroatoms. The predicted molar refractivity (Wildman–Crippen MR) is 166 cm³/mol. The molecule has 0 saturated heterocycles. The first-order valence-corrected chi connectivity index (χ1v) is 14.1. The first-order valence-electron chi connectivity index (χ1n) is 12.4. The fourth-order valence-corrected chi connectivity index (χ4v) is 4.58. The van der Waals surface area contributed by atoms with Crippen LogP contribution < -0.4 is 16.0 Å². The SMILES string of the molecule is O=C(CSc1ccc(NC(=O)/C(=C/c2ccc(Cl)cc2)NC(=O)c2ccccc2)cc1)Nc1cc(C(=O)O)ccc1Cl. The lowest BCUT2D eigenvalue weighted by atomic mass is 10.1. The fourth-order valence-electron chi connectivity index (χ4n) is 3.59. The lowest BCUT2D eigenvalue weighted by Gasteiger charge is -2.12. The van der Waals surface area contributed by atoms with Gasteiger partial charge in [-0.3, -0.25) is 14.4 Å². The molecule has 0 saturated carbocycles. The molecular formula is C31H23Cl2N3O5S. The van der Waals surface area contributed by atoms with Gasteiger partial charge in [0.1, 0.15) is 5.70 Å². The second kappa shape index (κ2) is 14.4. The van der Waals surface area contributed by atoms with Crippen molar-refractivity contribution in [1.82, 2.24) is 5.32 Å². The van der Waals surface area contributed by atoms with Crippen LogP contribution in [-0.4, -0.2) is 34.6 Å². The highest BCUT2D eigenvalue weighted by atomic mass is 35.5. The molecule has 212 valence electrons. The van der Waals surface area contributed by atoms with Gasteiger partial charge < -0.3 is 21.1 Å². The summed E-state index contributed by atoms with van der Waals surface area (Å²) in [7, 11) is 0. The van der Waals surface area contributed by atoms with Gasteiger partial charge in [-0.25, -0.2) is 4.79 Å². The number of nitrogens with one attached hydrogen (secondary N) is 3. The van der Waals surface area contributed by atoms with Gasteiger partial charge in [-0.1, -0.05) is 53.5 Å². The second-order valence-electron chi connectivity index (χ2n) is 8.74. The second-order valence-corrected chi connectivity index (χ2v) is 10.6. The molecule has 42 heavy (non-hydrogen) atoms. The van der Waals surface area contributed by atoms with Crippen LogP contribution in [0.1, 0.15) is 26.3 Å². The van der Waals surface area contributed by atoms with Gasteiger partial charge in [0.15, 0.2) is 0 Å². The lowest BCUT2D eigenvalue weighted by molar-refractivity contribution is -0.114. The van der Waals surface area contributed by atoms with Crippen LogP contribution in [0, 0.1) is 0 Å². The van der Waals surface area contributed by atoms with Gasteiger partial charge in [0.2, 0.25) is 5.91 Å². The molecule has 0 atom stereocenters. The fraction of sp³-hybridized carbons (Fsp3) is 0.0323. The normalized spacial score (nSPS) is 11.0. The Morgan fingerprint density at radius 2 is 1.48 bits per heavy atom. The highest BCUT2D eigenvalue weighted by molar-refractivity contribution is 8.00. The monoisotopic (exact) mass is 619 g/mol. The smallest absolute Gasteiger partial charge is 0.335 e. The molecule has 0 unspecified atom stereocenters. The van der Waals surface area contributed by atoms with Crippen LogP contribution in [0.3, 0.4) is 0 Å². The molecule has 0 radical (unpaired) electrons. The number of hydrogen-bond acceptors (Lipinski definition) is 5. The number of thioether (sulfide) groups is 1.